The molecule has 11 heteroatoms. The SMILES string of the molecule is NS(=O)(=O)c1ccc(-c2cn(C(=O)c3c(Cl)ccnc3C(F)(F)F)c3c2CCCC3)cc1. The Kier molecular flexibility index (Phi) is 5.64. The van der Waals surface area contributed by atoms with Gasteiger partial charge < -0.3 is 0 Å². The van der Waals surface area contributed by atoms with Crippen molar-refractivity contribution in [3.63, 3.8) is 0 Å². The smallest absolute Gasteiger partial charge is 0.287 e. The van der Waals surface area contributed by atoms with Crippen molar-refractivity contribution in [2.24, 2.45) is 5.14 Å². The van der Waals surface area contributed by atoms with Crippen LogP contribution in [0.1, 0.15) is 40.2 Å². The van der Waals surface area contributed by atoms with Crippen LogP contribution in [0.4, 0.5) is 13.2 Å². The molecule has 0 saturated carbocycles. The van der Waals surface area contributed by atoms with Crippen LogP contribution in [0.15, 0.2) is 47.6 Å². The van der Waals surface area contributed by atoms with Gasteiger partial charge in [0.1, 0.15) is 0 Å². The van der Waals surface area contributed by atoms with Crippen molar-refractivity contribution in [2.75, 3.05) is 0 Å². The van der Waals surface area contributed by atoms with Crippen molar-refractivity contribution in [3.05, 3.63) is 70.3 Å². The topological polar surface area (TPSA) is 95.0 Å². The third-order valence-corrected chi connectivity index (χ3v) is 6.65. The number of primary sulfonamides is 1. The normalized spacial score (nSPS) is 14.3. The molecule has 6 nitrogen and oxygen atoms in total. The molecule has 3 aromatic rings. The largest absolute Gasteiger partial charge is 0.434 e. The number of carbonyl (C=O) groups excluding carboxylic acids is 1. The first-order valence-electron chi connectivity index (χ1n) is 9.61. The van der Waals surface area contributed by atoms with Crippen molar-refractivity contribution >= 4 is 27.5 Å². The molecule has 1 aliphatic rings. The predicted octanol–water partition coefficient (Wildman–Crippen LogP) is 4.44. The maximum atomic E-state index is 13.5. The summed E-state index contributed by atoms with van der Waals surface area (Å²) in [6, 6.07) is 6.94. The molecular formula is C21H17ClF3N3O3S. The number of hydrogen-bond donors (Lipinski definition) is 1. The van der Waals surface area contributed by atoms with Crippen LogP contribution in [-0.2, 0) is 29.0 Å². The molecule has 0 unspecified atom stereocenters. The second-order valence-corrected chi connectivity index (χ2v) is 9.40. The van der Waals surface area contributed by atoms with Gasteiger partial charge in [-0.2, -0.15) is 13.2 Å². The van der Waals surface area contributed by atoms with Gasteiger partial charge >= 0.3 is 6.18 Å². The zero-order chi connectivity index (χ0) is 23.3. The van der Waals surface area contributed by atoms with Crippen LogP contribution in [0.5, 0.6) is 0 Å². The van der Waals surface area contributed by atoms with Crippen molar-refractivity contribution < 1.29 is 26.4 Å². The maximum Gasteiger partial charge on any atom is 0.434 e. The molecule has 0 aliphatic heterocycles. The van der Waals surface area contributed by atoms with E-state index in [0.717, 1.165) is 30.7 Å². The van der Waals surface area contributed by atoms with Gasteiger partial charge in [0.25, 0.3) is 5.91 Å². The van der Waals surface area contributed by atoms with Gasteiger partial charge in [0, 0.05) is 23.7 Å². The van der Waals surface area contributed by atoms with Gasteiger partial charge in [-0.1, -0.05) is 23.7 Å². The van der Waals surface area contributed by atoms with E-state index in [1.165, 1.54) is 22.9 Å². The van der Waals surface area contributed by atoms with E-state index >= 15 is 0 Å². The molecule has 0 amide bonds. The standard InChI is InChI=1S/C21H17ClF3N3O3S/c22-16-9-10-27-19(21(23,24)25)18(16)20(29)28-11-15(14-3-1-2-4-17(14)28)12-5-7-13(8-6-12)32(26,30)31/h5-11H,1-4H2,(H2,26,30,31). The van der Waals surface area contributed by atoms with Gasteiger partial charge in [-0.15, -0.1) is 0 Å². The van der Waals surface area contributed by atoms with Crippen LogP contribution < -0.4 is 5.14 Å². The zero-order valence-corrected chi connectivity index (χ0v) is 18.1. The van der Waals surface area contributed by atoms with Gasteiger partial charge in [0.05, 0.1) is 15.5 Å². The lowest BCUT2D eigenvalue weighted by molar-refractivity contribution is -0.141. The Bertz CT molecular complexity index is 1320. The van der Waals surface area contributed by atoms with Crippen LogP contribution in [0, 0.1) is 0 Å². The predicted molar refractivity (Wildman–Crippen MR) is 112 cm³/mol. The molecule has 168 valence electrons. The molecule has 2 heterocycles. The van der Waals surface area contributed by atoms with E-state index in [9.17, 15) is 26.4 Å². The molecule has 2 aromatic heterocycles. The quantitative estimate of drug-likeness (QED) is 0.596. The summed E-state index contributed by atoms with van der Waals surface area (Å²) in [5.74, 6) is -0.916. The number of sulfonamides is 1. The molecule has 1 aliphatic carbocycles. The Hall–Kier alpha value is -2.69. The Morgan fingerprint density at radius 3 is 2.38 bits per heavy atom. The number of carbonyl (C=O) groups is 1. The average Bonchev–Trinajstić information content (AvgIpc) is 3.12. The first kappa shape index (κ1) is 22.5. The van der Waals surface area contributed by atoms with E-state index in [1.807, 2.05) is 0 Å². The van der Waals surface area contributed by atoms with Gasteiger partial charge in [-0.3, -0.25) is 14.3 Å². The molecule has 2 N–H and O–H groups in total. The zero-order valence-electron chi connectivity index (χ0n) is 16.5. The van der Waals surface area contributed by atoms with Crippen LogP contribution >= 0.6 is 11.6 Å². The highest BCUT2D eigenvalue weighted by molar-refractivity contribution is 7.89. The van der Waals surface area contributed by atoms with Gasteiger partial charge in [0.15, 0.2) is 5.69 Å². The minimum Gasteiger partial charge on any atom is -0.287 e. The fourth-order valence-corrected chi connectivity index (χ4v) is 4.70. The number of pyridine rings is 1. The summed E-state index contributed by atoms with van der Waals surface area (Å²) in [4.78, 5) is 16.6. The number of nitrogens with two attached hydrogens (primary N) is 1. The molecule has 0 radical (unpaired) electrons. The fraction of sp³-hybridized carbons (Fsp3) is 0.238. The van der Waals surface area contributed by atoms with Crippen LogP contribution in [-0.4, -0.2) is 23.9 Å². The van der Waals surface area contributed by atoms with E-state index in [4.69, 9.17) is 16.7 Å². The minimum absolute atomic E-state index is 0.0670. The lowest BCUT2D eigenvalue weighted by Gasteiger charge is -2.17. The summed E-state index contributed by atoms with van der Waals surface area (Å²) >= 11 is 6.00. The van der Waals surface area contributed by atoms with Crippen molar-refractivity contribution in [1.82, 2.24) is 9.55 Å². The van der Waals surface area contributed by atoms with E-state index in [1.54, 1.807) is 12.1 Å². The summed E-state index contributed by atoms with van der Waals surface area (Å²) in [5, 5.41) is 4.80. The molecular weight excluding hydrogens is 467 g/mol. The van der Waals surface area contributed by atoms with E-state index in [0.29, 0.717) is 29.7 Å². The summed E-state index contributed by atoms with van der Waals surface area (Å²) in [6.45, 7) is 0. The maximum absolute atomic E-state index is 13.5. The van der Waals surface area contributed by atoms with Crippen molar-refractivity contribution in [2.45, 2.75) is 36.8 Å². The fourth-order valence-electron chi connectivity index (χ4n) is 3.96. The molecule has 1 aromatic carbocycles. The molecule has 0 bridgehead atoms. The number of alkyl halides is 3. The molecule has 4 rings (SSSR count). The first-order valence-corrected chi connectivity index (χ1v) is 11.5. The Balaban J connectivity index is 1.86. The van der Waals surface area contributed by atoms with Gasteiger partial charge in [0.2, 0.25) is 10.0 Å². The number of benzene rings is 1. The number of rotatable bonds is 3. The number of fused-ring (bicyclic) bond motifs is 1. The summed E-state index contributed by atoms with van der Waals surface area (Å²) < 4.78 is 64.8. The van der Waals surface area contributed by atoms with Crippen molar-refractivity contribution in [1.29, 1.82) is 0 Å². The average molecular weight is 484 g/mol. The summed E-state index contributed by atoms with van der Waals surface area (Å²) in [6.07, 6.45) is 0.315. The van der Waals surface area contributed by atoms with Gasteiger partial charge in [-0.05, 0) is 55.0 Å². The Labute approximate surface area is 186 Å². The Morgan fingerprint density at radius 2 is 1.75 bits per heavy atom. The lowest BCUT2D eigenvalue weighted by atomic mass is 9.92. The van der Waals surface area contributed by atoms with E-state index in [-0.39, 0.29) is 9.92 Å². The first-order chi connectivity index (χ1) is 15.0. The highest BCUT2D eigenvalue weighted by atomic mass is 35.5. The number of hydrogen-bond acceptors (Lipinski definition) is 4. The third kappa shape index (κ3) is 4.05. The Morgan fingerprint density at radius 1 is 1.09 bits per heavy atom. The van der Waals surface area contributed by atoms with Crippen molar-refractivity contribution in [3.8, 4) is 11.1 Å². The number of nitrogens with zero attached hydrogens (tertiary/aromatic N) is 2. The minimum atomic E-state index is -4.85. The monoisotopic (exact) mass is 483 g/mol. The third-order valence-electron chi connectivity index (χ3n) is 5.41. The van der Waals surface area contributed by atoms with Crippen LogP contribution in [0.3, 0.4) is 0 Å². The molecule has 0 fully saturated rings. The highest BCUT2D eigenvalue weighted by Crippen LogP contribution is 2.37. The summed E-state index contributed by atoms with van der Waals surface area (Å²) in [5.41, 5.74) is 0.660. The summed E-state index contributed by atoms with van der Waals surface area (Å²) in [7, 11) is -3.87. The van der Waals surface area contributed by atoms with E-state index in [2.05, 4.69) is 4.98 Å². The van der Waals surface area contributed by atoms with Crippen LogP contribution in [0.25, 0.3) is 11.1 Å². The molecule has 0 saturated heterocycles. The molecule has 0 spiro atoms. The highest BCUT2D eigenvalue weighted by Gasteiger charge is 2.39. The number of aromatic nitrogens is 2. The molecule has 32 heavy (non-hydrogen) atoms. The van der Waals surface area contributed by atoms with Gasteiger partial charge in [-0.25, -0.2) is 13.6 Å². The second kappa shape index (κ2) is 8.02. The lowest BCUT2D eigenvalue weighted by Crippen LogP contribution is -2.22. The van der Waals surface area contributed by atoms with Crippen LogP contribution in [0.2, 0.25) is 5.02 Å². The number of halogens is 4. The van der Waals surface area contributed by atoms with E-state index < -0.39 is 33.4 Å². The second-order valence-electron chi connectivity index (χ2n) is 7.43. The molecule has 0 atom stereocenters.